The minimum Gasteiger partial charge on any atom is -0.363 e. The van der Waals surface area contributed by atoms with Crippen molar-refractivity contribution in [2.75, 3.05) is 58.3 Å². The standard InChI is InChI=1S/C20H30N6O4S2/c1-4-20-22-16(15-31-20)14-24-9-11-25(12-10-24)18-6-5-17(13-19(18)26(27)28)32(29,30)21-7-8-23(2)3/h5-6,13,15,21H,4,7-12,14H2,1-3H3. The molecule has 0 aliphatic carbocycles. The van der Waals surface area contributed by atoms with Gasteiger partial charge in [0.2, 0.25) is 10.0 Å². The van der Waals surface area contributed by atoms with Crippen LogP contribution in [0.2, 0.25) is 0 Å². The Morgan fingerprint density at radius 1 is 1.25 bits per heavy atom. The van der Waals surface area contributed by atoms with Gasteiger partial charge in [-0.05, 0) is 32.6 Å². The highest BCUT2D eigenvalue weighted by Crippen LogP contribution is 2.31. The predicted octanol–water partition coefficient (Wildman–Crippen LogP) is 1.78. The molecule has 1 N–H and O–H groups in total. The van der Waals surface area contributed by atoms with Crippen molar-refractivity contribution in [3.05, 3.63) is 44.4 Å². The van der Waals surface area contributed by atoms with Crippen molar-refractivity contribution < 1.29 is 13.3 Å². The number of aromatic nitrogens is 1. The van der Waals surface area contributed by atoms with Gasteiger partial charge in [-0.15, -0.1) is 11.3 Å². The molecule has 0 radical (unpaired) electrons. The Labute approximate surface area is 193 Å². The quantitative estimate of drug-likeness (QED) is 0.403. The molecule has 1 aliphatic heterocycles. The van der Waals surface area contributed by atoms with Crippen LogP contribution >= 0.6 is 11.3 Å². The number of nitro benzene ring substituents is 1. The first-order chi connectivity index (χ1) is 15.2. The Balaban J connectivity index is 1.68. The van der Waals surface area contributed by atoms with Gasteiger partial charge in [0.15, 0.2) is 0 Å². The highest BCUT2D eigenvalue weighted by atomic mass is 32.2. The van der Waals surface area contributed by atoms with Crippen molar-refractivity contribution >= 4 is 32.7 Å². The molecule has 2 heterocycles. The number of benzene rings is 1. The number of piperazine rings is 1. The maximum absolute atomic E-state index is 12.5. The molecule has 1 saturated heterocycles. The SMILES string of the molecule is CCc1nc(CN2CCN(c3ccc(S(=O)(=O)NCCN(C)C)cc3[N+](=O)[O-])CC2)cs1. The average molecular weight is 483 g/mol. The third kappa shape index (κ3) is 6.23. The first-order valence-corrected chi connectivity index (χ1v) is 12.9. The molecular formula is C20H30N6O4S2. The normalized spacial score (nSPS) is 15.4. The molecule has 0 spiro atoms. The summed E-state index contributed by atoms with van der Waals surface area (Å²) in [5.41, 5.74) is 1.31. The zero-order valence-electron chi connectivity index (χ0n) is 18.7. The fourth-order valence-corrected chi connectivity index (χ4v) is 5.31. The van der Waals surface area contributed by atoms with Crippen molar-refractivity contribution in [3.63, 3.8) is 0 Å². The van der Waals surface area contributed by atoms with E-state index < -0.39 is 14.9 Å². The number of rotatable bonds is 10. The number of hydrogen-bond acceptors (Lipinski definition) is 9. The van der Waals surface area contributed by atoms with Gasteiger partial charge in [-0.25, -0.2) is 18.1 Å². The molecule has 32 heavy (non-hydrogen) atoms. The first kappa shape index (κ1) is 24.5. The lowest BCUT2D eigenvalue weighted by atomic mass is 10.2. The van der Waals surface area contributed by atoms with Crippen molar-refractivity contribution in [3.8, 4) is 0 Å². The zero-order valence-corrected chi connectivity index (χ0v) is 20.3. The van der Waals surface area contributed by atoms with E-state index in [4.69, 9.17) is 0 Å². The number of likely N-dealkylation sites (N-methyl/N-ethyl adjacent to an activating group) is 1. The molecule has 1 aromatic carbocycles. The lowest BCUT2D eigenvalue weighted by Crippen LogP contribution is -2.46. The number of nitro groups is 1. The number of aryl methyl sites for hydroxylation is 1. The second-order valence-corrected chi connectivity index (χ2v) is 10.7. The lowest BCUT2D eigenvalue weighted by Gasteiger charge is -2.35. The molecule has 0 saturated carbocycles. The molecule has 2 aromatic rings. The fraction of sp³-hybridized carbons (Fsp3) is 0.550. The second-order valence-electron chi connectivity index (χ2n) is 7.96. The van der Waals surface area contributed by atoms with E-state index in [9.17, 15) is 18.5 Å². The van der Waals surface area contributed by atoms with E-state index in [0.29, 0.717) is 25.3 Å². The van der Waals surface area contributed by atoms with Gasteiger partial charge in [-0.3, -0.25) is 15.0 Å². The number of sulfonamides is 1. The van der Waals surface area contributed by atoms with E-state index in [-0.39, 0.29) is 17.1 Å². The van der Waals surface area contributed by atoms with E-state index in [1.54, 1.807) is 17.4 Å². The fourth-order valence-electron chi connectivity index (χ4n) is 3.53. The van der Waals surface area contributed by atoms with Crippen LogP contribution in [-0.4, -0.2) is 81.5 Å². The summed E-state index contributed by atoms with van der Waals surface area (Å²) in [6.45, 7) is 6.37. The number of anilines is 1. The van der Waals surface area contributed by atoms with Crippen molar-refractivity contribution in [2.24, 2.45) is 0 Å². The van der Waals surface area contributed by atoms with Crippen LogP contribution in [0.3, 0.4) is 0 Å². The highest BCUT2D eigenvalue weighted by Gasteiger charge is 2.27. The molecule has 0 atom stereocenters. The van der Waals surface area contributed by atoms with Crippen LogP contribution in [0.25, 0.3) is 0 Å². The second kappa shape index (κ2) is 10.7. The molecule has 0 bridgehead atoms. The molecule has 10 nitrogen and oxygen atoms in total. The summed E-state index contributed by atoms with van der Waals surface area (Å²) in [7, 11) is -0.136. The maximum Gasteiger partial charge on any atom is 0.293 e. The Bertz CT molecular complexity index is 1030. The molecule has 0 amide bonds. The largest absolute Gasteiger partial charge is 0.363 e. The first-order valence-electron chi connectivity index (χ1n) is 10.5. The van der Waals surface area contributed by atoms with Crippen molar-refractivity contribution in [1.29, 1.82) is 0 Å². The molecule has 1 aromatic heterocycles. The van der Waals surface area contributed by atoms with Gasteiger partial charge in [0.05, 0.1) is 20.5 Å². The summed E-state index contributed by atoms with van der Waals surface area (Å²) in [5.74, 6) is 0. The van der Waals surface area contributed by atoms with Crippen molar-refractivity contribution in [1.82, 2.24) is 19.5 Å². The van der Waals surface area contributed by atoms with Crippen LogP contribution in [0.4, 0.5) is 11.4 Å². The van der Waals surface area contributed by atoms with E-state index in [0.717, 1.165) is 42.8 Å². The summed E-state index contributed by atoms with van der Waals surface area (Å²) < 4.78 is 27.6. The van der Waals surface area contributed by atoms with Gasteiger partial charge in [-0.2, -0.15) is 0 Å². The monoisotopic (exact) mass is 482 g/mol. The third-order valence-corrected chi connectivity index (χ3v) is 7.81. The van der Waals surface area contributed by atoms with Gasteiger partial charge in [0.1, 0.15) is 5.69 Å². The smallest absolute Gasteiger partial charge is 0.293 e. The van der Waals surface area contributed by atoms with Gasteiger partial charge < -0.3 is 9.80 Å². The predicted molar refractivity (Wildman–Crippen MR) is 126 cm³/mol. The Morgan fingerprint density at radius 2 is 1.97 bits per heavy atom. The highest BCUT2D eigenvalue weighted by molar-refractivity contribution is 7.89. The van der Waals surface area contributed by atoms with Gasteiger partial charge in [0.25, 0.3) is 5.69 Å². The summed E-state index contributed by atoms with van der Waals surface area (Å²) in [6.07, 6.45) is 0.930. The molecule has 3 rings (SSSR count). The molecule has 1 aliphatic rings. The lowest BCUT2D eigenvalue weighted by molar-refractivity contribution is -0.384. The van der Waals surface area contributed by atoms with Gasteiger partial charge in [0, 0.05) is 57.3 Å². The third-order valence-electron chi connectivity index (χ3n) is 5.31. The molecule has 12 heteroatoms. The van der Waals surface area contributed by atoms with Crippen molar-refractivity contribution in [2.45, 2.75) is 24.8 Å². The summed E-state index contributed by atoms with van der Waals surface area (Å²) in [4.78, 5) is 21.8. The summed E-state index contributed by atoms with van der Waals surface area (Å²) in [5, 5.41) is 14.9. The average Bonchev–Trinajstić information content (AvgIpc) is 3.21. The topological polar surface area (TPSA) is 112 Å². The number of nitrogens with zero attached hydrogens (tertiary/aromatic N) is 5. The summed E-state index contributed by atoms with van der Waals surface area (Å²) >= 11 is 1.67. The Kier molecular flexibility index (Phi) is 8.17. The minimum absolute atomic E-state index is 0.0967. The Hall–Kier alpha value is -2.12. The molecule has 176 valence electrons. The molecular weight excluding hydrogens is 452 g/mol. The maximum atomic E-state index is 12.5. The van der Waals surface area contributed by atoms with Crippen LogP contribution in [-0.2, 0) is 23.0 Å². The van der Waals surface area contributed by atoms with Crippen LogP contribution in [0.1, 0.15) is 17.6 Å². The van der Waals surface area contributed by atoms with Crippen LogP contribution < -0.4 is 9.62 Å². The van der Waals surface area contributed by atoms with E-state index in [2.05, 4.69) is 26.9 Å². The summed E-state index contributed by atoms with van der Waals surface area (Å²) in [6, 6.07) is 4.14. The number of hydrogen-bond donors (Lipinski definition) is 1. The number of thiazole rings is 1. The molecule has 0 unspecified atom stereocenters. The minimum atomic E-state index is -3.82. The van der Waals surface area contributed by atoms with E-state index in [1.165, 1.54) is 6.07 Å². The van der Waals surface area contributed by atoms with Gasteiger partial charge in [-0.1, -0.05) is 6.92 Å². The Morgan fingerprint density at radius 3 is 2.56 bits per heavy atom. The zero-order chi connectivity index (χ0) is 23.3. The molecule has 1 fully saturated rings. The number of nitrogens with one attached hydrogen (secondary N) is 1. The van der Waals surface area contributed by atoms with Crippen LogP contribution in [0.5, 0.6) is 0 Å². The van der Waals surface area contributed by atoms with Gasteiger partial charge >= 0.3 is 0 Å². The van der Waals surface area contributed by atoms with E-state index in [1.807, 2.05) is 23.9 Å². The van der Waals surface area contributed by atoms with Crippen LogP contribution in [0, 0.1) is 10.1 Å². The van der Waals surface area contributed by atoms with E-state index >= 15 is 0 Å². The van der Waals surface area contributed by atoms with Crippen LogP contribution in [0.15, 0.2) is 28.5 Å².